The summed E-state index contributed by atoms with van der Waals surface area (Å²) in [6.07, 6.45) is 3.83. The minimum atomic E-state index is -0.751. The molecule has 33 heavy (non-hydrogen) atoms. The van der Waals surface area contributed by atoms with Gasteiger partial charge in [0.15, 0.2) is 11.0 Å². The van der Waals surface area contributed by atoms with E-state index in [1.54, 1.807) is 6.26 Å². The fourth-order valence-electron chi connectivity index (χ4n) is 4.53. The van der Waals surface area contributed by atoms with Gasteiger partial charge in [0.2, 0.25) is 0 Å². The molecule has 1 aromatic heterocycles. The largest absolute Gasteiger partial charge is 0.493 e. The van der Waals surface area contributed by atoms with E-state index in [1.165, 1.54) is 17.8 Å². The molecule has 1 aromatic carbocycles. The van der Waals surface area contributed by atoms with Crippen molar-refractivity contribution in [2.45, 2.75) is 68.9 Å². The Kier molecular flexibility index (Phi) is 6.80. The van der Waals surface area contributed by atoms with Crippen molar-refractivity contribution in [3.63, 3.8) is 0 Å². The number of rotatable bonds is 5. The summed E-state index contributed by atoms with van der Waals surface area (Å²) in [5, 5.41) is 3.67. The maximum Gasteiger partial charge on any atom is 0.410 e. The Morgan fingerprint density at radius 1 is 1.39 bits per heavy atom. The number of hydrogen-bond donors (Lipinski definition) is 2. The molecule has 2 fully saturated rings. The zero-order valence-corrected chi connectivity index (χ0v) is 20.6. The summed E-state index contributed by atoms with van der Waals surface area (Å²) < 4.78 is 26.1. The number of carbonyl (C=O) groups excluding carboxylic acids is 1. The van der Waals surface area contributed by atoms with Crippen molar-refractivity contribution in [2.75, 3.05) is 19.4 Å². The maximum atomic E-state index is 14.6. The number of aromatic nitrogens is 2. The monoisotopic (exact) mass is 498 g/mol. The molecule has 2 aliphatic heterocycles. The second-order valence-corrected chi connectivity index (χ2v) is 10.5. The summed E-state index contributed by atoms with van der Waals surface area (Å²) in [5.41, 5.74) is -1.16. The molecule has 0 radical (unpaired) electrons. The average Bonchev–Trinajstić information content (AvgIpc) is 3.06. The van der Waals surface area contributed by atoms with E-state index in [2.05, 4.69) is 15.3 Å². The molecule has 4 rings (SSSR count). The van der Waals surface area contributed by atoms with Crippen LogP contribution in [0.4, 0.5) is 9.18 Å². The van der Waals surface area contributed by atoms with Crippen molar-refractivity contribution in [1.82, 2.24) is 20.2 Å². The maximum absolute atomic E-state index is 14.6. The molecule has 2 bridgehead atoms. The summed E-state index contributed by atoms with van der Waals surface area (Å²) in [6, 6.07) is 1.45. The van der Waals surface area contributed by atoms with Crippen LogP contribution in [0.2, 0.25) is 5.02 Å². The summed E-state index contributed by atoms with van der Waals surface area (Å²) in [7, 11) is 0. The highest BCUT2D eigenvalue weighted by Crippen LogP contribution is 2.34. The van der Waals surface area contributed by atoms with E-state index in [-0.39, 0.29) is 52.5 Å². The standard InChI is InChI=1S/C22H28ClFN4O4S/c1-22(2,3)32-21(30)28-11-5-6-14(28)13(25-10-11)7-8-31-15-9-12(23)17(24)18-16(15)19(29)27-20(26-18)33-4/h9,11,13-14,25H,5-8,10H2,1-4H3,(H,26,27,29)/t11-,13-,14+/m1/s1. The highest BCUT2D eigenvalue weighted by molar-refractivity contribution is 7.98. The van der Waals surface area contributed by atoms with E-state index >= 15 is 0 Å². The van der Waals surface area contributed by atoms with Crippen LogP contribution >= 0.6 is 23.4 Å². The van der Waals surface area contributed by atoms with Crippen molar-refractivity contribution in [1.29, 1.82) is 0 Å². The lowest BCUT2D eigenvalue weighted by molar-refractivity contribution is 0.00292. The highest BCUT2D eigenvalue weighted by Gasteiger charge is 2.46. The Balaban J connectivity index is 1.49. The number of halogens is 2. The lowest BCUT2D eigenvalue weighted by atomic mass is 10.0. The molecule has 180 valence electrons. The molecule has 3 heterocycles. The van der Waals surface area contributed by atoms with Crippen molar-refractivity contribution >= 4 is 40.4 Å². The van der Waals surface area contributed by atoms with Gasteiger partial charge < -0.3 is 19.8 Å². The van der Waals surface area contributed by atoms with Crippen LogP contribution in [0.1, 0.15) is 40.0 Å². The molecule has 2 N–H and O–H groups in total. The third-order valence-electron chi connectivity index (χ3n) is 5.93. The van der Waals surface area contributed by atoms with Crippen LogP contribution in [0, 0.1) is 5.82 Å². The summed E-state index contributed by atoms with van der Waals surface area (Å²) >= 11 is 7.24. The number of nitrogens with one attached hydrogen (secondary N) is 2. The summed E-state index contributed by atoms with van der Waals surface area (Å²) in [4.78, 5) is 34.0. The second-order valence-electron chi connectivity index (χ2n) is 9.31. The molecule has 0 aliphatic carbocycles. The zero-order valence-electron chi connectivity index (χ0n) is 19.0. The predicted molar refractivity (Wildman–Crippen MR) is 126 cm³/mol. The van der Waals surface area contributed by atoms with E-state index in [1.807, 2.05) is 25.7 Å². The smallest absolute Gasteiger partial charge is 0.410 e. The van der Waals surface area contributed by atoms with Crippen molar-refractivity contribution in [2.24, 2.45) is 0 Å². The third-order valence-corrected chi connectivity index (χ3v) is 6.79. The number of fused-ring (bicyclic) bond motifs is 3. The van der Waals surface area contributed by atoms with Crippen molar-refractivity contribution < 1.29 is 18.7 Å². The van der Waals surface area contributed by atoms with E-state index < -0.39 is 17.0 Å². The second kappa shape index (κ2) is 9.31. The summed E-state index contributed by atoms with van der Waals surface area (Å²) in [5.74, 6) is -0.568. The molecule has 0 unspecified atom stereocenters. The molecular formula is C22H28ClFN4O4S. The van der Waals surface area contributed by atoms with Crippen LogP contribution in [0.3, 0.4) is 0 Å². The van der Waals surface area contributed by atoms with Gasteiger partial charge in [-0.3, -0.25) is 9.69 Å². The fourth-order valence-corrected chi connectivity index (χ4v) is 5.10. The third kappa shape index (κ3) is 4.93. The van der Waals surface area contributed by atoms with E-state index in [0.29, 0.717) is 18.1 Å². The molecule has 3 atom stereocenters. The molecule has 0 saturated carbocycles. The van der Waals surface area contributed by atoms with Crippen molar-refractivity contribution in [3.8, 4) is 5.75 Å². The van der Waals surface area contributed by atoms with E-state index in [0.717, 1.165) is 12.8 Å². The topological polar surface area (TPSA) is 96.5 Å². The number of thioether (sulfide) groups is 1. The number of piperazine rings is 1. The number of carbonyl (C=O) groups is 1. The Hall–Kier alpha value is -2.04. The Labute approximate surface area is 200 Å². The van der Waals surface area contributed by atoms with Gasteiger partial charge in [0, 0.05) is 24.7 Å². The van der Waals surface area contributed by atoms with Gasteiger partial charge in [-0.1, -0.05) is 23.4 Å². The SMILES string of the molecule is CSc1nc2c(F)c(Cl)cc(OCC[C@H]3NC[C@H]4CC[C@@H]3N4C(=O)OC(C)(C)C)c2c(=O)[nH]1. The fraction of sp³-hybridized carbons (Fsp3) is 0.591. The number of ether oxygens (including phenoxy) is 2. The minimum absolute atomic E-state index is 0.00459. The molecule has 0 spiro atoms. The Bertz CT molecular complexity index is 1120. The first kappa shape index (κ1) is 24.1. The van der Waals surface area contributed by atoms with Crippen molar-refractivity contribution in [3.05, 3.63) is 27.3 Å². The van der Waals surface area contributed by atoms with Crippen LogP contribution in [0.5, 0.6) is 5.75 Å². The quantitative estimate of drug-likeness (QED) is 0.476. The number of H-pyrrole nitrogens is 1. The minimum Gasteiger partial charge on any atom is -0.493 e. The first-order chi connectivity index (χ1) is 15.6. The first-order valence-corrected chi connectivity index (χ1v) is 12.5. The van der Waals surface area contributed by atoms with Gasteiger partial charge in [0.05, 0.1) is 17.7 Å². The molecule has 2 saturated heterocycles. The van der Waals surface area contributed by atoms with Gasteiger partial charge in [0.25, 0.3) is 5.56 Å². The molecule has 1 amide bonds. The number of aromatic amines is 1. The number of amides is 1. The molecule has 11 heteroatoms. The predicted octanol–water partition coefficient (Wildman–Crippen LogP) is 3.95. The van der Waals surface area contributed by atoms with Gasteiger partial charge >= 0.3 is 6.09 Å². The number of hydrogen-bond acceptors (Lipinski definition) is 7. The van der Waals surface area contributed by atoms with Crippen LogP contribution < -0.4 is 15.6 Å². The normalized spacial score (nSPS) is 22.6. The van der Waals surface area contributed by atoms with E-state index in [9.17, 15) is 14.0 Å². The Morgan fingerprint density at radius 3 is 2.85 bits per heavy atom. The van der Waals surface area contributed by atoms with Crippen LogP contribution in [0.15, 0.2) is 16.0 Å². The summed E-state index contributed by atoms with van der Waals surface area (Å²) in [6.45, 7) is 6.51. The van der Waals surface area contributed by atoms with Gasteiger partial charge in [-0.05, 0) is 46.3 Å². The van der Waals surface area contributed by atoms with Gasteiger partial charge in [0.1, 0.15) is 22.3 Å². The lowest BCUT2D eigenvalue weighted by Crippen LogP contribution is -2.60. The highest BCUT2D eigenvalue weighted by atomic mass is 35.5. The molecule has 2 aliphatic rings. The van der Waals surface area contributed by atoms with Crippen LogP contribution in [-0.4, -0.2) is 64.1 Å². The van der Waals surface area contributed by atoms with E-state index in [4.69, 9.17) is 21.1 Å². The molecular weight excluding hydrogens is 471 g/mol. The average molecular weight is 499 g/mol. The molecule has 8 nitrogen and oxygen atoms in total. The number of benzene rings is 1. The zero-order chi connectivity index (χ0) is 23.9. The van der Waals surface area contributed by atoms with Gasteiger partial charge in [-0.2, -0.15) is 0 Å². The van der Waals surface area contributed by atoms with Gasteiger partial charge in [-0.25, -0.2) is 14.2 Å². The first-order valence-electron chi connectivity index (χ1n) is 10.9. The lowest BCUT2D eigenvalue weighted by Gasteiger charge is -2.41. The van der Waals surface area contributed by atoms with Crippen LogP contribution in [0.25, 0.3) is 10.9 Å². The Morgan fingerprint density at radius 2 is 2.15 bits per heavy atom. The van der Waals surface area contributed by atoms with Crippen LogP contribution in [-0.2, 0) is 4.74 Å². The molecule has 2 aromatic rings. The van der Waals surface area contributed by atoms with Gasteiger partial charge in [-0.15, -0.1) is 0 Å². The number of nitrogens with zero attached hydrogens (tertiary/aromatic N) is 2.